The van der Waals surface area contributed by atoms with Gasteiger partial charge in [-0.1, -0.05) is 32.4 Å². The molecule has 1 fully saturated rings. The van der Waals surface area contributed by atoms with Crippen LogP contribution in [0, 0.1) is 5.41 Å². The van der Waals surface area contributed by atoms with E-state index in [9.17, 15) is 4.79 Å². The number of rotatable bonds is 6. The molecule has 1 aliphatic heterocycles. The van der Waals surface area contributed by atoms with E-state index in [1.807, 2.05) is 32.9 Å². The van der Waals surface area contributed by atoms with Crippen LogP contribution in [-0.2, 0) is 0 Å². The number of nitrogens with one attached hydrogen (secondary N) is 1. The smallest absolute Gasteiger partial charge is 0.203 e. The van der Waals surface area contributed by atoms with Crippen molar-refractivity contribution in [1.82, 2.24) is 14.9 Å². The minimum absolute atomic E-state index is 0.0184. The van der Waals surface area contributed by atoms with Crippen molar-refractivity contribution in [3.05, 3.63) is 23.0 Å². The van der Waals surface area contributed by atoms with Crippen molar-refractivity contribution in [1.29, 1.82) is 0 Å². The molecule has 1 aliphatic rings. The lowest BCUT2D eigenvalue weighted by molar-refractivity contribution is 0.0823. The van der Waals surface area contributed by atoms with Crippen LogP contribution in [0.15, 0.2) is 12.1 Å². The molecular weight excluding hydrogens is 364 g/mol. The maximum atomic E-state index is 12.7. The van der Waals surface area contributed by atoms with E-state index < -0.39 is 5.41 Å². The van der Waals surface area contributed by atoms with Crippen molar-refractivity contribution in [2.75, 3.05) is 37.7 Å². The zero-order valence-corrected chi connectivity index (χ0v) is 17.3. The Kier molecular flexibility index (Phi) is 5.79. The average Bonchev–Trinajstić information content (AvgIpc) is 3.03. The zero-order chi connectivity index (χ0) is 19.8. The first-order valence-electron chi connectivity index (χ1n) is 9.60. The first-order chi connectivity index (χ1) is 12.8. The number of carbonyl (C=O) groups excluding carboxylic acids is 1. The van der Waals surface area contributed by atoms with Gasteiger partial charge in [-0.15, -0.1) is 0 Å². The fourth-order valence-corrected chi connectivity index (χ4v) is 3.83. The number of nitrogens with zero attached hydrogens (tertiary/aromatic N) is 3. The van der Waals surface area contributed by atoms with Crippen LogP contribution in [-0.4, -0.2) is 64.6 Å². The molecule has 3 rings (SSSR count). The van der Waals surface area contributed by atoms with Gasteiger partial charge in [0.2, 0.25) is 5.78 Å². The molecule has 0 spiro atoms. The number of aliphatic hydroxyl groups excluding tert-OH is 1. The fourth-order valence-electron chi connectivity index (χ4n) is 3.56. The predicted molar refractivity (Wildman–Crippen MR) is 110 cm³/mol. The van der Waals surface area contributed by atoms with Crippen LogP contribution in [0.3, 0.4) is 0 Å². The summed E-state index contributed by atoms with van der Waals surface area (Å²) in [5, 5.41) is 9.80. The van der Waals surface area contributed by atoms with Gasteiger partial charge in [0.15, 0.2) is 5.82 Å². The molecule has 0 bridgehead atoms. The second kappa shape index (κ2) is 7.78. The van der Waals surface area contributed by atoms with Gasteiger partial charge in [0.25, 0.3) is 0 Å². The number of piperazine rings is 1. The number of halogens is 1. The van der Waals surface area contributed by atoms with Gasteiger partial charge in [-0.05, 0) is 25.5 Å². The number of ketones is 1. The Bertz CT molecular complexity index is 833. The normalized spacial score (nSPS) is 19.0. The number of aromatic amines is 1. The van der Waals surface area contributed by atoms with Crippen molar-refractivity contribution in [3.63, 3.8) is 0 Å². The number of aromatic nitrogens is 2. The number of hydrogen-bond acceptors (Lipinski definition) is 5. The third-order valence-corrected chi connectivity index (χ3v) is 6.00. The maximum absolute atomic E-state index is 12.7. The number of anilines is 1. The molecule has 27 heavy (non-hydrogen) atoms. The number of aliphatic hydroxyl groups is 1. The van der Waals surface area contributed by atoms with Gasteiger partial charge in [-0.25, -0.2) is 4.98 Å². The largest absolute Gasteiger partial charge is 0.395 e. The summed E-state index contributed by atoms with van der Waals surface area (Å²) in [6.45, 7) is 11.5. The summed E-state index contributed by atoms with van der Waals surface area (Å²) in [7, 11) is 0. The van der Waals surface area contributed by atoms with Crippen molar-refractivity contribution >= 4 is 34.1 Å². The highest BCUT2D eigenvalue weighted by molar-refractivity contribution is 6.34. The average molecular weight is 393 g/mol. The third-order valence-electron chi connectivity index (χ3n) is 5.70. The number of β-amino-alcohol motifs (C(OH)–C–C–N with tert-alkyl or cyclic N) is 1. The van der Waals surface area contributed by atoms with E-state index in [1.54, 1.807) is 0 Å². The molecule has 0 radical (unpaired) electrons. The monoisotopic (exact) mass is 392 g/mol. The van der Waals surface area contributed by atoms with Crippen LogP contribution < -0.4 is 4.90 Å². The molecule has 2 N–H and O–H groups in total. The van der Waals surface area contributed by atoms with Gasteiger partial charge in [-0.2, -0.15) is 0 Å². The van der Waals surface area contributed by atoms with E-state index in [1.165, 1.54) is 0 Å². The molecule has 0 aliphatic carbocycles. The van der Waals surface area contributed by atoms with E-state index in [0.29, 0.717) is 22.9 Å². The number of fused-ring (bicyclic) bond motifs is 1. The third kappa shape index (κ3) is 3.98. The quantitative estimate of drug-likeness (QED) is 0.737. The Morgan fingerprint density at radius 2 is 2.15 bits per heavy atom. The fraction of sp³-hybridized carbons (Fsp3) is 0.600. The Morgan fingerprint density at radius 3 is 2.78 bits per heavy atom. The Labute approximate surface area is 165 Å². The van der Waals surface area contributed by atoms with Gasteiger partial charge >= 0.3 is 0 Å². The Balaban J connectivity index is 1.90. The highest BCUT2D eigenvalue weighted by atomic mass is 35.5. The summed E-state index contributed by atoms with van der Waals surface area (Å²) < 4.78 is 0. The summed E-state index contributed by atoms with van der Waals surface area (Å²) >= 11 is 6.57. The highest BCUT2D eigenvalue weighted by Crippen LogP contribution is 2.33. The molecule has 2 aromatic rings. The summed E-state index contributed by atoms with van der Waals surface area (Å²) in [5.41, 5.74) is 2.05. The second-order valence-electron chi connectivity index (χ2n) is 8.04. The Hall–Kier alpha value is -1.63. The predicted octanol–water partition coefficient (Wildman–Crippen LogP) is 3.34. The van der Waals surface area contributed by atoms with Gasteiger partial charge in [0.05, 0.1) is 28.4 Å². The lowest BCUT2D eigenvalue weighted by atomic mass is 9.85. The van der Waals surface area contributed by atoms with Crippen LogP contribution in [0.5, 0.6) is 0 Å². The number of H-pyrrole nitrogens is 1. The molecule has 6 nitrogen and oxygen atoms in total. The van der Waals surface area contributed by atoms with Gasteiger partial charge in [0, 0.05) is 37.6 Å². The molecule has 0 unspecified atom stereocenters. The lowest BCUT2D eigenvalue weighted by Gasteiger charge is -2.41. The standard InChI is InChI=1S/C20H29ClN4O2/c1-5-20(3,4)18(27)19-22-15-10-14(21)17(11-16(15)23-19)25-7-6-24(8-9-26)12-13(25)2/h10-11,13,26H,5-9,12H2,1-4H3,(H,22,23)/t13-/m0/s1. The summed E-state index contributed by atoms with van der Waals surface area (Å²) in [4.78, 5) is 25.0. The first kappa shape index (κ1) is 20.1. The minimum atomic E-state index is -0.446. The molecule has 0 amide bonds. The van der Waals surface area contributed by atoms with Gasteiger partial charge in [0.1, 0.15) is 0 Å². The summed E-state index contributed by atoms with van der Waals surface area (Å²) in [6, 6.07) is 4.12. The highest BCUT2D eigenvalue weighted by Gasteiger charge is 2.30. The van der Waals surface area contributed by atoms with E-state index >= 15 is 0 Å². The van der Waals surface area contributed by atoms with Crippen molar-refractivity contribution < 1.29 is 9.90 Å². The van der Waals surface area contributed by atoms with E-state index in [2.05, 4.69) is 26.7 Å². The number of imidazole rings is 1. The van der Waals surface area contributed by atoms with Gasteiger partial charge < -0.3 is 15.0 Å². The molecule has 1 atom stereocenters. The SMILES string of the molecule is CCC(C)(C)C(=O)c1nc2cc(Cl)c(N3CCN(CCO)C[C@@H]3C)cc2[nH]1. The molecule has 2 heterocycles. The van der Waals surface area contributed by atoms with Crippen molar-refractivity contribution in [2.45, 2.75) is 40.2 Å². The van der Waals surface area contributed by atoms with Crippen molar-refractivity contribution in [3.8, 4) is 0 Å². The van der Waals surface area contributed by atoms with Crippen LogP contribution in [0.2, 0.25) is 5.02 Å². The lowest BCUT2D eigenvalue weighted by Crippen LogP contribution is -2.52. The second-order valence-corrected chi connectivity index (χ2v) is 8.45. The van der Waals surface area contributed by atoms with Crippen LogP contribution in [0.4, 0.5) is 5.69 Å². The first-order valence-corrected chi connectivity index (χ1v) is 9.98. The van der Waals surface area contributed by atoms with Crippen LogP contribution in [0.25, 0.3) is 11.0 Å². The van der Waals surface area contributed by atoms with E-state index in [4.69, 9.17) is 16.7 Å². The minimum Gasteiger partial charge on any atom is -0.395 e. The Morgan fingerprint density at radius 1 is 1.41 bits per heavy atom. The number of hydrogen-bond donors (Lipinski definition) is 2. The van der Waals surface area contributed by atoms with E-state index in [0.717, 1.165) is 37.3 Å². The molecule has 7 heteroatoms. The van der Waals surface area contributed by atoms with Crippen LogP contribution in [0.1, 0.15) is 44.7 Å². The van der Waals surface area contributed by atoms with Crippen LogP contribution >= 0.6 is 11.6 Å². The topological polar surface area (TPSA) is 72.5 Å². The molecule has 1 aromatic carbocycles. The molecule has 1 saturated heterocycles. The molecule has 1 aromatic heterocycles. The number of carbonyl (C=O) groups is 1. The number of Topliss-reactive ketones (excluding diaryl/α,β-unsaturated/α-hetero) is 1. The molecular formula is C20H29ClN4O2. The number of benzene rings is 1. The van der Waals surface area contributed by atoms with Gasteiger partial charge in [-0.3, -0.25) is 9.69 Å². The zero-order valence-electron chi connectivity index (χ0n) is 16.5. The van der Waals surface area contributed by atoms with E-state index in [-0.39, 0.29) is 18.4 Å². The molecule has 0 saturated carbocycles. The molecule has 148 valence electrons. The van der Waals surface area contributed by atoms with Crippen molar-refractivity contribution in [2.24, 2.45) is 5.41 Å². The summed E-state index contributed by atoms with van der Waals surface area (Å²) in [5.74, 6) is 0.413. The summed E-state index contributed by atoms with van der Waals surface area (Å²) in [6.07, 6.45) is 0.754. The maximum Gasteiger partial charge on any atom is 0.203 e.